The molecule has 2 aromatic carbocycles. The van der Waals surface area contributed by atoms with Crippen LogP contribution in [0, 0.1) is 5.82 Å². The van der Waals surface area contributed by atoms with Gasteiger partial charge >= 0.3 is 0 Å². The van der Waals surface area contributed by atoms with Gasteiger partial charge in [0, 0.05) is 11.1 Å². The first kappa shape index (κ1) is 13.4. The SMILES string of the molecule is CCc1c(-c2cccc(F)c2)nn(-c2ccccc2)c1N. The highest BCUT2D eigenvalue weighted by molar-refractivity contribution is 5.69. The second kappa shape index (κ2) is 5.40. The van der Waals surface area contributed by atoms with Crippen LogP contribution >= 0.6 is 0 Å². The van der Waals surface area contributed by atoms with Crippen molar-refractivity contribution < 1.29 is 4.39 Å². The van der Waals surface area contributed by atoms with Crippen molar-refractivity contribution in [1.82, 2.24) is 9.78 Å². The van der Waals surface area contributed by atoms with Gasteiger partial charge in [0.15, 0.2) is 0 Å². The molecule has 3 aromatic rings. The van der Waals surface area contributed by atoms with E-state index >= 15 is 0 Å². The van der Waals surface area contributed by atoms with Gasteiger partial charge in [-0.05, 0) is 30.7 Å². The molecule has 3 rings (SSSR count). The van der Waals surface area contributed by atoms with E-state index < -0.39 is 0 Å². The van der Waals surface area contributed by atoms with Crippen molar-refractivity contribution in [2.75, 3.05) is 5.73 Å². The summed E-state index contributed by atoms with van der Waals surface area (Å²) in [4.78, 5) is 0. The number of aromatic nitrogens is 2. The average Bonchev–Trinajstić information content (AvgIpc) is 2.85. The number of para-hydroxylation sites is 1. The van der Waals surface area contributed by atoms with Gasteiger partial charge in [-0.1, -0.05) is 37.3 Å². The molecule has 1 aromatic heterocycles. The van der Waals surface area contributed by atoms with Crippen LogP contribution in [0.25, 0.3) is 16.9 Å². The maximum Gasteiger partial charge on any atom is 0.131 e. The third-order valence-corrected chi connectivity index (χ3v) is 3.48. The molecule has 0 aliphatic heterocycles. The first-order chi connectivity index (χ1) is 10.2. The summed E-state index contributed by atoms with van der Waals surface area (Å²) in [5.74, 6) is 0.324. The minimum atomic E-state index is -0.276. The normalized spacial score (nSPS) is 10.8. The van der Waals surface area contributed by atoms with Gasteiger partial charge in [-0.15, -0.1) is 0 Å². The molecule has 0 radical (unpaired) electrons. The van der Waals surface area contributed by atoms with E-state index in [1.165, 1.54) is 12.1 Å². The molecule has 106 valence electrons. The summed E-state index contributed by atoms with van der Waals surface area (Å²) in [5, 5.41) is 4.59. The topological polar surface area (TPSA) is 43.8 Å². The molecule has 0 aliphatic carbocycles. The lowest BCUT2D eigenvalue weighted by atomic mass is 10.1. The van der Waals surface area contributed by atoms with Crippen LogP contribution in [0.2, 0.25) is 0 Å². The number of halogens is 1. The van der Waals surface area contributed by atoms with E-state index in [9.17, 15) is 4.39 Å². The average molecular weight is 281 g/mol. The Morgan fingerprint density at radius 1 is 1.10 bits per heavy atom. The monoisotopic (exact) mass is 281 g/mol. The number of nitrogens with two attached hydrogens (primary N) is 1. The van der Waals surface area contributed by atoms with Gasteiger partial charge in [0.05, 0.1) is 11.4 Å². The molecule has 0 saturated carbocycles. The first-order valence-electron chi connectivity index (χ1n) is 6.89. The van der Waals surface area contributed by atoms with E-state index in [0.29, 0.717) is 5.82 Å². The van der Waals surface area contributed by atoms with Gasteiger partial charge in [-0.2, -0.15) is 5.10 Å². The summed E-state index contributed by atoms with van der Waals surface area (Å²) in [6, 6.07) is 16.1. The second-order valence-electron chi connectivity index (χ2n) is 4.82. The standard InChI is InChI=1S/C17H16FN3/c1-2-15-16(12-7-6-8-13(18)11-12)20-21(17(15)19)14-9-4-3-5-10-14/h3-11H,2,19H2,1H3. The van der Waals surface area contributed by atoms with E-state index in [0.717, 1.165) is 28.9 Å². The van der Waals surface area contributed by atoms with Crippen LogP contribution in [0.1, 0.15) is 12.5 Å². The van der Waals surface area contributed by atoms with Crippen molar-refractivity contribution >= 4 is 5.82 Å². The summed E-state index contributed by atoms with van der Waals surface area (Å²) in [6.07, 6.45) is 0.741. The maximum atomic E-state index is 13.5. The fourth-order valence-corrected chi connectivity index (χ4v) is 2.45. The Bertz CT molecular complexity index is 763. The van der Waals surface area contributed by atoms with Crippen LogP contribution in [0.4, 0.5) is 10.2 Å². The van der Waals surface area contributed by atoms with Crippen molar-refractivity contribution in [3.05, 3.63) is 66.0 Å². The van der Waals surface area contributed by atoms with Gasteiger partial charge in [0.25, 0.3) is 0 Å². The minimum Gasteiger partial charge on any atom is -0.383 e. The van der Waals surface area contributed by atoms with Crippen LogP contribution in [-0.4, -0.2) is 9.78 Å². The Kier molecular flexibility index (Phi) is 3.44. The predicted molar refractivity (Wildman–Crippen MR) is 82.7 cm³/mol. The number of hydrogen-bond acceptors (Lipinski definition) is 2. The molecule has 0 spiro atoms. The Morgan fingerprint density at radius 3 is 2.52 bits per heavy atom. The molecule has 0 saturated heterocycles. The number of nitrogens with zero attached hydrogens (tertiary/aromatic N) is 2. The van der Waals surface area contributed by atoms with Crippen LogP contribution in [0.5, 0.6) is 0 Å². The molecule has 2 N–H and O–H groups in total. The lowest BCUT2D eigenvalue weighted by Gasteiger charge is -2.03. The van der Waals surface area contributed by atoms with Crippen molar-refractivity contribution in [2.45, 2.75) is 13.3 Å². The maximum absolute atomic E-state index is 13.5. The smallest absolute Gasteiger partial charge is 0.131 e. The fraction of sp³-hybridized carbons (Fsp3) is 0.118. The van der Waals surface area contributed by atoms with E-state index in [1.807, 2.05) is 43.3 Å². The number of rotatable bonds is 3. The largest absolute Gasteiger partial charge is 0.383 e. The van der Waals surface area contributed by atoms with Gasteiger partial charge < -0.3 is 5.73 Å². The number of benzene rings is 2. The van der Waals surface area contributed by atoms with Crippen LogP contribution in [0.15, 0.2) is 54.6 Å². The van der Waals surface area contributed by atoms with Crippen LogP contribution in [-0.2, 0) is 6.42 Å². The molecule has 1 heterocycles. The van der Waals surface area contributed by atoms with Crippen molar-refractivity contribution in [3.8, 4) is 16.9 Å². The number of hydrogen-bond donors (Lipinski definition) is 1. The highest BCUT2D eigenvalue weighted by Gasteiger charge is 2.16. The Hall–Kier alpha value is -2.62. The zero-order valence-corrected chi connectivity index (χ0v) is 11.8. The van der Waals surface area contributed by atoms with E-state index in [-0.39, 0.29) is 5.82 Å². The summed E-state index contributed by atoms with van der Waals surface area (Å²) < 4.78 is 15.2. The molecule has 0 atom stereocenters. The highest BCUT2D eigenvalue weighted by Crippen LogP contribution is 2.29. The molecule has 0 bridgehead atoms. The lowest BCUT2D eigenvalue weighted by molar-refractivity contribution is 0.628. The summed E-state index contributed by atoms with van der Waals surface area (Å²) in [7, 11) is 0. The summed E-state index contributed by atoms with van der Waals surface area (Å²) in [6.45, 7) is 2.02. The zero-order chi connectivity index (χ0) is 14.8. The first-order valence-corrected chi connectivity index (χ1v) is 6.89. The second-order valence-corrected chi connectivity index (χ2v) is 4.82. The number of nitrogen functional groups attached to an aromatic ring is 1. The Morgan fingerprint density at radius 2 is 1.86 bits per heavy atom. The molecule has 0 fully saturated rings. The molecule has 0 unspecified atom stereocenters. The molecular formula is C17H16FN3. The van der Waals surface area contributed by atoms with Gasteiger partial charge in [0.1, 0.15) is 11.6 Å². The molecule has 3 nitrogen and oxygen atoms in total. The molecule has 0 aliphatic rings. The Balaban J connectivity index is 2.19. The van der Waals surface area contributed by atoms with Crippen molar-refractivity contribution in [3.63, 3.8) is 0 Å². The molecular weight excluding hydrogens is 265 g/mol. The van der Waals surface area contributed by atoms with Gasteiger partial charge in [-0.25, -0.2) is 9.07 Å². The van der Waals surface area contributed by atoms with E-state index in [2.05, 4.69) is 5.10 Å². The third-order valence-electron chi connectivity index (χ3n) is 3.48. The Labute approximate surface area is 122 Å². The minimum absolute atomic E-state index is 0.276. The van der Waals surface area contributed by atoms with Crippen LogP contribution in [0.3, 0.4) is 0 Å². The van der Waals surface area contributed by atoms with E-state index in [1.54, 1.807) is 10.7 Å². The quantitative estimate of drug-likeness (QED) is 0.793. The molecule has 4 heteroatoms. The molecule has 0 amide bonds. The summed E-state index contributed by atoms with van der Waals surface area (Å²) >= 11 is 0. The van der Waals surface area contributed by atoms with Gasteiger partial charge in [-0.3, -0.25) is 0 Å². The highest BCUT2D eigenvalue weighted by atomic mass is 19.1. The van der Waals surface area contributed by atoms with Crippen LogP contribution < -0.4 is 5.73 Å². The van der Waals surface area contributed by atoms with Crippen molar-refractivity contribution in [2.24, 2.45) is 0 Å². The summed E-state index contributed by atoms with van der Waals surface area (Å²) in [5.41, 5.74) is 9.54. The lowest BCUT2D eigenvalue weighted by Crippen LogP contribution is -2.02. The van der Waals surface area contributed by atoms with E-state index in [4.69, 9.17) is 5.73 Å². The third kappa shape index (κ3) is 2.40. The van der Waals surface area contributed by atoms with Crippen molar-refractivity contribution in [1.29, 1.82) is 0 Å². The fourth-order valence-electron chi connectivity index (χ4n) is 2.45. The predicted octanol–water partition coefficient (Wildman–Crippen LogP) is 3.82. The van der Waals surface area contributed by atoms with Gasteiger partial charge in [0.2, 0.25) is 0 Å². The zero-order valence-electron chi connectivity index (χ0n) is 11.8. The number of anilines is 1. The molecule has 21 heavy (non-hydrogen) atoms.